The van der Waals surface area contributed by atoms with Gasteiger partial charge >= 0.3 is 0 Å². The van der Waals surface area contributed by atoms with Gasteiger partial charge in [0.1, 0.15) is 0 Å². The van der Waals surface area contributed by atoms with Crippen LogP contribution in [0.1, 0.15) is 29.6 Å². The normalized spacial score (nSPS) is 27.2. The SMILES string of the molecule is CN1CCCC2CN(c3c(Cl)cccc3C=O)CCC21. The fraction of sp³-hybridized carbons (Fsp3) is 0.562. The molecule has 4 heteroatoms. The smallest absolute Gasteiger partial charge is 0.152 e. The zero-order valence-corrected chi connectivity index (χ0v) is 12.6. The van der Waals surface area contributed by atoms with Gasteiger partial charge in [0.2, 0.25) is 0 Å². The minimum atomic E-state index is 0.692. The summed E-state index contributed by atoms with van der Waals surface area (Å²) >= 11 is 6.33. The third kappa shape index (κ3) is 2.45. The van der Waals surface area contributed by atoms with E-state index in [0.717, 1.165) is 31.5 Å². The second-order valence-corrected chi connectivity index (χ2v) is 6.39. The summed E-state index contributed by atoms with van der Waals surface area (Å²) < 4.78 is 0. The van der Waals surface area contributed by atoms with E-state index in [-0.39, 0.29) is 0 Å². The molecule has 2 saturated heterocycles. The van der Waals surface area contributed by atoms with E-state index in [4.69, 9.17) is 11.6 Å². The number of nitrogens with zero attached hydrogens (tertiary/aromatic N) is 2. The van der Waals surface area contributed by atoms with Crippen molar-refractivity contribution in [2.75, 3.05) is 31.6 Å². The molecular weight excluding hydrogens is 272 g/mol. The van der Waals surface area contributed by atoms with E-state index in [1.807, 2.05) is 18.2 Å². The van der Waals surface area contributed by atoms with Crippen LogP contribution in [0.4, 0.5) is 5.69 Å². The molecule has 0 N–H and O–H groups in total. The predicted octanol–water partition coefficient (Wildman–Crippen LogP) is 3.07. The monoisotopic (exact) mass is 292 g/mol. The van der Waals surface area contributed by atoms with Crippen molar-refractivity contribution in [2.45, 2.75) is 25.3 Å². The number of para-hydroxylation sites is 1. The fourth-order valence-electron chi connectivity index (χ4n) is 3.82. The number of benzene rings is 1. The molecule has 2 atom stereocenters. The van der Waals surface area contributed by atoms with Crippen LogP contribution in [0.5, 0.6) is 0 Å². The van der Waals surface area contributed by atoms with Crippen LogP contribution in [-0.4, -0.2) is 43.9 Å². The first-order chi connectivity index (χ1) is 9.70. The molecule has 3 nitrogen and oxygen atoms in total. The van der Waals surface area contributed by atoms with Gasteiger partial charge in [0.15, 0.2) is 6.29 Å². The van der Waals surface area contributed by atoms with Gasteiger partial charge in [-0.1, -0.05) is 17.7 Å². The summed E-state index contributed by atoms with van der Waals surface area (Å²) in [4.78, 5) is 16.1. The van der Waals surface area contributed by atoms with Gasteiger partial charge < -0.3 is 9.80 Å². The molecule has 0 amide bonds. The van der Waals surface area contributed by atoms with Crippen molar-refractivity contribution in [3.63, 3.8) is 0 Å². The van der Waals surface area contributed by atoms with Crippen molar-refractivity contribution in [3.8, 4) is 0 Å². The van der Waals surface area contributed by atoms with Crippen LogP contribution in [-0.2, 0) is 0 Å². The average molecular weight is 293 g/mol. The Balaban J connectivity index is 1.85. The van der Waals surface area contributed by atoms with Gasteiger partial charge in [-0.2, -0.15) is 0 Å². The number of anilines is 1. The number of hydrogen-bond acceptors (Lipinski definition) is 3. The summed E-state index contributed by atoms with van der Waals surface area (Å²) in [5.74, 6) is 0.693. The first-order valence-electron chi connectivity index (χ1n) is 7.39. The Morgan fingerprint density at radius 1 is 1.30 bits per heavy atom. The molecule has 1 aromatic rings. The highest BCUT2D eigenvalue weighted by molar-refractivity contribution is 6.33. The maximum Gasteiger partial charge on any atom is 0.152 e. The number of carbonyl (C=O) groups excluding carboxylic acids is 1. The van der Waals surface area contributed by atoms with Crippen molar-refractivity contribution in [1.29, 1.82) is 0 Å². The molecule has 0 spiro atoms. The maximum atomic E-state index is 11.3. The van der Waals surface area contributed by atoms with Crippen LogP contribution >= 0.6 is 11.6 Å². The third-order valence-corrected chi connectivity index (χ3v) is 5.11. The van der Waals surface area contributed by atoms with E-state index in [2.05, 4.69) is 16.8 Å². The molecule has 2 unspecified atom stereocenters. The van der Waals surface area contributed by atoms with E-state index in [1.165, 1.54) is 19.4 Å². The van der Waals surface area contributed by atoms with Gasteiger partial charge in [-0.3, -0.25) is 4.79 Å². The molecule has 108 valence electrons. The summed E-state index contributed by atoms with van der Waals surface area (Å²) in [6.07, 6.45) is 4.63. The summed E-state index contributed by atoms with van der Waals surface area (Å²) in [6, 6.07) is 6.27. The Hall–Kier alpha value is -1.06. The van der Waals surface area contributed by atoms with Gasteiger partial charge in [-0.25, -0.2) is 0 Å². The van der Waals surface area contributed by atoms with Crippen molar-refractivity contribution in [2.24, 2.45) is 5.92 Å². The number of hydrogen-bond donors (Lipinski definition) is 0. The van der Waals surface area contributed by atoms with E-state index >= 15 is 0 Å². The standard InChI is InChI=1S/C16H21ClN2O/c1-18-8-3-5-12-10-19(9-7-15(12)18)16-13(11-20)4-2-6-14(16)17/h2,4,6,11-12,15H,3,5,7-10H2,1H3. The zero-order chi connectivity index (χ0) is 14.1. The quantitative estimate of drug-likeness (QED) is 0.783. The lowest BCUT2D eigenvalue weighted by molar-refractivity contribution is 0.102. The zero-order valence-electron chi connectivity index (χ0n) is 11.9. The number of piperidine rings is 2. The first kappa shape index (κ1) is 13.9. The summed E-state index contributed by atoms with van der Waals surface area (Å²) in [6.45, 7) is 3.21. The molecule has 2 aliphatic rings. The Labute approximate surface area is 125 Å². The predicted molar refractivity (Wildman–Crippen MR) is 82.8 cm³/mol. The molecule has 0 radical (unpaired) electrons. The maximum absolute atomic E-state index is 11.3. The molecule has 0 aromatic heterocycles. The van der Waals surface area contributed by atoms with Gasteiger partial charge in [0.25, 0.3) is 0 Å². The Morgan fingerprint density at radius 3 is 2.95 bits per heavy atom. The fourth-order valence-corrected chi connectivity index (χ4v) is 4.12. The third-order valence-electron chi connectivity index (χ3n) is 4.81. The van der Waals surface area contributed by atoms with Gasteiger partial charge in [-0.15, -0.1) is 0 Å². The van der Waals surface area contributed by atoms with Crippen LogP contribution in [0.2, 0.25) is 5.02 Å². The Bertz CT molecular complexity index is 505. The second kappa shape index (κ2) is 5.74. The van der Waals surface area contributed by atoms with E-state index < -0.39 is 0 Å². The molecule has 20 heavy (non-hydrogen) atoms. The van der Waals surface area contributed by atoms with Gasteiger partial charge in [0.05, 0.1) is 10.7 Å². The van der Waals surface area contributed by atoms with Crippen LogP contribution in [0.15, 0.2) is 18.2 Å². The summed E-state index contributed by atoms with van der Waals surface area (Å²) in [7, 11) is 2.23. The highest BCUT2D eigenvalue weighted by atomic mass is 35.5. The molecule has 0 bridgehead atoms. The molecular formula is C16H21ClN2O. The van der Waals surface area contributed by atoms with Gasteiger partial charge in [-0.05, 0) is 50.9 Å². The lowest BCUT2D eigenvalue weighted by atomic mass is 9.84. The molecule has 0 aliphatic carbocycles. The Morgan fingerprint density at radius 2 is 2.15 bits per heavy atom. The molecule has 2 heterocycles. The molecule has 3 rings (SSSR count). The number of halogens is 1. The summed E-state index contributed by atoms with van der Waals surface area (Å²) in [5.41, 5.74) is 1.64. The number of carbonyl (C=O) groups is 1. The van der Waals surface area contributed by atoms with Crippen molar-refractivity contribution >= 4 is 23.6 Å². The van der Waals surface area contributed by atoms with Crippen LogP contribution < -0.4 is 4.90 Å². The van der Waals surface area contributed by atoms with E-state index in [9.17, 15) is 4.79 Å². The Kier molecular flexibility index (Phi) is 3.99. The number of aldehydes is 1. The van der Waals surface area contributed by atoms with E-state index in [0.29, 0.717) is 22.5 Å². The largest absolute Gasteiger partial charge is 0.369 e. The van der Waals surface area contributed by atoms with Crippen LogP contribution in [0, 0.1) is 5.92 Å². The van der Waals surface area contributed by atoms with Crippen LogP contribution in [0.3, 0.4) is 0 Å². The average Bonchev–Trinajstić information content (AvgIpc) is 2.47. The second-order valence-electron chi connectivity index (χ2n) is 5.98. The highest BCUT2D eigenvalue weighted by Crippen LogP contribution is 2.36. The first-order valence-corrected chi connectivity index (χ1v) is 7.77. The minimum absolute atomic E-state index is 0.692. The lowest BCUT2D eigenvalue weighted by Crippen LogP contribution is -2.53. The number of fused-ring (bicyclic) bond motifs is 1. The van der Waals surface area contributed by atoms with Crippen LogP contribution in [0.25, 0.3) is 0 Å². The lowest BCUT2D eigenvalue weighted by Gasteiger charge is -2.47. The van der Waals surface area contributed by atoms with Crippen molar-refractivity contribution < 1.29 is 4.79 Å². The molecule has 2 aliphatic heterocycles. The van der Waals surface area contributed by atoms with Crippen molar-refractivity contribution in [1.82, 2.24) is 4.90 Å². The minimum Gasteiger partial charge on any atom is -0.369 e. The molecule has 2 fully saturated rings. The molecule has 0 saturated carbocycles. The number of rotatable bonds is 2. The van der Waals surface area contributed by atoms with Crippen molar-refractivity contribution in [3.05, 3.63) is 28.8 Å². The van der Waals surface area contributed by atoms with E-state index in [1.54, 1.807) is 0 Å². The molecule has 1 aromatic carbocycles. The highest BCUT2D eigenvalue weighted by Gasteiger charge is 2.35. The van der Waals surface area contributed by atoms with Gasteiger partial charge in [0, 0.05) is 24.7 Å². The number of likely N-dealkylation sites (tertiary alicyclic amines) is 1. The topological polar surface area (TPSA) is 23.6 Å². The summed E-state index contributed by atoms with van der Waals surface area (Å²) in [5, 5.41) is 0.692.